The van der Waals surface area contributed by atoms with Gasteiger partial charge in [-0.3, -0.25) is 19.0 Å². The highest BCUT2D eigenvalue weighted by molar-refractivity contribution is 6.30. The first-order chi connectivity index (χ1) is 15.9. The summed E-state index contributed by atoms with van der Waals surface area (Å²) in [4.78, 5) is 40.7. The Morgan fingerprint density at radius 2 is 1.79 bits per heavy atom. The summed E-state index contributed by atoms with van der Waals surface area (Å²) in [6.07, 6.45) is 2.98. The van der Waals surface area contributed by atoms with Crippen LogP contribution in [0.15, 0.2) is 65.8 Å². The van der Waals surface area contributed by atoms with E-state index in [0.717, 1.165) is 5.56 Å². The van der Waals surface area contributed by atoms with Crippen LogP contribution in [-0.2, 0) is 17.9 Å². The van der Waals surface area contributed by atoms with E-state index in [0.29, 0.717) is 46.9 Å². The van der Waals surface area contributed by atoms with Crippen molar-refractivity contribution in [3.63, 3.8) is 0 Å². The SMILES string of the molecule is CC(=O)Nc1ccc(C(=O)NCCn2ncc3c(=O)n(Cc4ccc(Cl)cc4)cnc32)cc1. The lowest BCUT2D eigenvalue weighted by molar-refractivity contribution is -0.114. The quantitative estimate of drug-likeness (QED) is 0.437. The number of nitrogens with zero attached hydrogens (tertiary/aromatic N) is 4. The molecule has 0 bridgehead atoms. The van der Waals surface area contributed by atoms with E-state index >= 15 is 0 Å². The van der Waals surface area contributed by atoms with Crippen LogP contribution in [0.25, 0.3) is 11.0 Å². The van der Waals surface area contributed by atoms with Gasteiger partial charge in [-0.15, -0.1) is 0 Å². The van der Waals surface area contributed by atoms with E-state index in [4.69, 9.17) is 11.6 Å². The molecule has 2 aromatic heterocycles. The van der Waals surface area contributed by atoms with E-state index in [2.05, 4.69) is 20.7 Å². The van der Waals surface area contributed by atoms with Gasteiger partial charge in [0, 0.05) is 29.7 Å². The summed E-state index contributed by atoms with van der Waals surface area (Å²) >= 11 is 5.91. The third kappa shape index (κ3) is 5.27. The van der Waals surface area contributed by atoms with Crippen molar-refractivity contribution < 1.29 is 9.59 Å². The zero-order valence-corrected chi connectivity index (χ0v) is 18.5. The summed E-state index contributed by atoms with van der Waals surface area (Å²) < 4.78 is 3.10. The molecule has 0 saturated heterocycles. The molecule has 0 radical (unpaired) electrons. The summed E-state index contributed by atoms with van der Waals surface area (Å²) in [6.45, 7) is 2.45. The summed E-state index contributed by atoms with van der Waals surface area (Å²) in [5.74, 6) is -0.428. The molecule has 2 N–H and O–H groups in total. The lowest BCUT2D eigenvalue weighted by Gasteiger charge is -2.08. The van der Waals surface area contributed by atoms with E-state index < -0.39 is 0 Å². The average molecular weight is 465 g/mol. The summed E-state index contributed by atoms with van der Waals surface area (Å²) in [5, 5.41) is 10.8. The molecule has 0 aliphatic heterocycles. The van der Waals surface area contributed by atoms with E-state index in [-0.39, 0.29) is 17.4 Å². The Bertz CT molecular complexity index is 1360. The van der Waals surface area contributed by atoms with Crippen molar-refractivity contribution in [2.24, 2.45) is 0 Å². The third-order valence-electron chi connectivity index (χ3n) is 4.97. The first-order valence-corrected chi connectivity index (χ1v) is 10.6. The number of hydrogen-bond donors (Lipinski definition) is 2. The van der Waals surface area contributed by atoms with Crippen LogP contribution in [0.4, 0.5) is 5.69 Å². The van der Waals surface area contributed by atoms with Crippen molar-refractivity contribution in [2.75, 3.05) is 11.9 Å². The Hall–Kier alpha value is -3.98. The van der Waals surface area contributed by atoms with Crippen molar-refractivity contribution in [3.05, 3.63) is 87.6 Å². The van der Waals surface area contributed by atoms with Gasteiger partial charge in [-0.25, -0.2) is 9.67 Å². The molecule has 0 aliphatic rings. The number of hydrogen-bond acceptors (Lipinski definition) is 5. The standard InChI is InChI=1S/C23H21ClN6O3/c1-15(31)28-19-8-4-17(5-9-19)22(32)25-10-11-30-21-20(12-27-30)23(33)29(14-26-21)13-16-2-6-18(24)7-3-16/h2-9,12,14H,10-11,13H2,1H3,(H,25,32)(H,28,31). The smallest absolute Gasteiger partial charge is 0.264 e. The van der Waals surface area contributed by atoms with Crippen LogP contribution >= 0.6 is 11.6 Å². The minimum atomic E-state index is -0.251. The van der Waals surface area contributed by atoms with Crippen molar-refractivity contribution in [2.45, 2.75) is 20.0 Å². The van der Waals surface area contributed by atoms with E-state index in [1.165, 1.54) is 24.0 Å². The normalized spacial score (nSPS) is 10.8. The second kappa shape index (κ2) is 9.66. The van der Waals surface area contributed by atoms with Crippen molar-refractivity contribution in [3.8, 4) is 0 Å². The highest BCUT2D eigenvalue weighted by Gasteiger charge is 2.11. The number of anilines is 1. The second-order valence-electron chi connectivity index (χ2n) is 7.42. The van der Waals surface area contributed by atoms with Crippen LogP contribution in [0, 0.1) is 0 Å². The number of aromatic nitrogens is 4. The number of amides is 2. The molecule has 0 atom stereocenters. The molecule has 2 heterocycles. The van der Waals surface area contributed by atoms with Gasteiger partial charge >= 0.3 is 0 Å². The van der Waals surface area contributed by atoms with Gasteiger partial charge in [-0.2, -0.15) is 5.10 Å². The molecule has 168 valence electrons. The van der Waals surface area contributed by atoms with Gasteiger partial charge in [-0.05, 0) is 42.0 Å². The van der Waals surface area contributed by atoms with Gasteiger partial charge in [-0.1, -0.05) is 23.7 Å². The van der Waals surface area contributed by atoms with Crippen LogP contribution < -0.4 is 16.2 Å². The minimum absolute atomic E-state index is 0.177. The average Bonchev–Trinajstić information content (AvgIpc) is 3.21. The zero-order valence-electron chi connectivity index (χ0n) is 17.8. The molecule has 2 aromatic carbocycles. The Morgan fingerprint density at radius 3 is 2.48 bits per heavy atom. The van der Waals surface area contributed by atoms with E-state index in [9.17, 15) is 14.4 Å². The van der Waals surface area contributed by atoms with E-state index in [1.807, 2.05) is 12.1 Å². The maximum absolute atomic E-state index is 12.8. The first-order valence-electron chi connectivity index (χ1n) is 10.2. The topological polar surface area (TPSA) is 111 Å². The molecule has 0 unspecified atom stereocenters. The lowest BCUT2D eigenvalue weighted by atomic mass is 10.2. The Labute approximate surface area is 194 Å². The second-order valence-corrected chi connectivity index (χ2v) is 7.86. The number of benzene rings is 2. The fraction of sp³-hybridized carbons (Fsp3) is 0.174. The molecular formula is C23H21ClN6O3. The molecule has 10 heteroatoms. The summed E-state index contributed by atoms with van der Waals surface area (Å²) in [7, 11) is 0. The van der Waals surface area contributed by atoms with Crippen LogP contribution in [0.2, 0.25) is 5.02 Å². The molecular weight excluding hydrogens is 444 g/mol. The Morgan fingerprint density at radius 1 is 1.06 bits per heavy atom. The number of halogens is 1. The molecule has 0 fully saturated rings. The van der Waals surface area contributed by atoms with Gasteiger partial charge < -0.3 is 10.6 Å². The number of fused-ring (bicyclic) bond motifs is 1. The maximum atomic E-state index is 12.8. The molecule has 0 saturated carbocycles. The lowest BCUT2D eigenvalue weighted by Crippen LogP contribution is -2.27. The fourth-order valence-electron chi connectivity index (χ4n) is 3.35. The predicted octanol–water partition coefficient (Wildman–Crippen LogP) is 2.68. The van der Waals surface area contributed by atoms with Gasteiger partial charge in [0.2, 0.25) is 5.91 Å². The maximum Gasteiger partial charge on any atom is 0.264 e. The summed E-state index contributed by atoms with van der Waals surface area (Å²) in [5.41, 5.74) is 2.29. The van der Waals surface area contributed by atoms with Gasteiger partial charge in [0.15, 0.2) is 5.65 Å². The molecule has 0 aliphatic carbocycles. The molecule has 9 nitrogen and oxygen atoms in total. The van der Waals surface area contributed by atoms with E-state index in [1.54, 1.807) is 41.1 Å². The zero-order chi connectivity index (χ0) is 23.4. The van der Waals surface area contributed by atoms with Crippen molar-refractivity contribution in [1.82, 2.24) is 24.6 Å². The number of carbonyl (C=O) groups is 2. The van der Waals surface area contributed by atoms with Crippen molar-refractivity contribution >= 4 is 40.1 Å². The number of carbonyl (C=O) groups excluding carboxylic acids is 2. The van der Waals surface area contributed by atoms with Crippen molar-refractivity contribution in [1.29, 1.82) is 0 Å². The number of rotatable bonds is 7. The first kappa shape index (κ1) is 22.2. The highest BCUT2D eigenvalue weighted by Crippen LogP contribution is 2.12. The van der Waals surface area contributed by atoms with Crippen LogP contribution in [-0.4, -0.2) is 37.7 Å². The summed E-state index contributed by atoms with van der Waals surface area (Å²) in [6, 6.07) is 13.9. The molecule has 4 rings (SSSR count). The largest absolute Gasteiger partial charge is 0.350 e. The van der Waals surface area contributed by atoms with Crippen LogP contribution in [0.1, 0.15) is 22.8 Å². The predicted molar refractivity (Wildman–Crippen MR) is 125 cm³/mol. The molecule has 2 amide bonds. The van der Waals surface area contributed by atoms with Gasteiger partial charge in [0.1, 0.15) is 11.7 Å². The Balaban J connectivity index is 1.39. The van der Waals surface area contributed by atoms with Gasteiger partial charge in [0.05, 0.1) is 19.3 Å². The fourth-order valence-corrected chi connectivity index (χ4v) is 3.47. The molecule has 0 spiro atoms. The third-order valence-corrected chi connectivity index (χ3v) is 5.22. The van der Waals surface area contributed by atoms with Crippen LogP contribution in [0.5, 0.6) is 0 Å². The van der Waals surface area contributed by atoms with Gasteiger partial charge in [0.25, 0.3) is 11.5 Å². The molecule has 4 aromatic rings. The monoisotopic (exact) mass is 464 g/mol. The highest BCUT2D eigenvalue weighted by atomic mass is 35.5. The molecule has 33 heavy (non-hydrogen) atoms. The Kier molecular flexibility index (Phi) is 6.50. The van der Waals surface area contributed by atoms with Crippen LogP contribution in [0.3, 0.4) is 0 Å². The number of nitrogens with one attached hydrogen (secondary N) is 2. The minimum Gasteiger partial charge on any atom is -0.350 e.